The molecule has 2 rings (SSSR count). The summed E-state index contributed by atoms with van der Waals surface area (Å²) in [5.74, 6) is -1.45. The van der Waals surface area contributed by atoms with Crippen molar-refractivity contribution >= 4 is 21.9 Å². The molecule has 1 aromatic rings. The monoisotopic (exact) mass is 370 g/mol. The summed E-state index contributed by atoms with van der Waals surface area (Å²) in [5.41, 5.74) is -1.10. The molecule has 0 atom stereocenters. The highest BCUT2D eigenvalue weighted by Crippen LogP contribution is 2.23. The molecule has 1 aliphatic rings. The first kappa shape index (κ1) is 19.4. The number of piperidine rings is 1. The Morgan fingerprint density at radius 1 is 1.20 bits per heavy atom. The molecule has 1 heterocycles. The first-order valence-electron chi connectivity index (χ1n) is 8.00. The summed E-state index contributed by atoms with van der Waals surface area (Å²) in [6.07, 6.45) is 0.0783. The van der Waals surface area contributed by atoms with Gasteiger partial charge in [-0.05, 0) is 17.7 Å². The second-order valence-corrected chi connectivity index (χ2v) is 7.81. The van der Waals surface area contributed by atoms with Crippen molar-refractivity contribution < 1.29 is 28.2 Å². The van der Waals surface area contributed by atoms with E-state index in [1.807, 2.05) is 0 Å². The number of rotatable bonds is 6. The maximum absolute atomic E-state index is 12.3. The third-order valence-corrected chi connectivity index (χ3v) is 5.83. The molecule has 1 fully saturated rings. The van der Waals surface area contributed by atoms with Crippen LogP contribution >= 0.6 is 0 Å². The van der Waals surface area contributed by atoms with Gasteiger partial charge >= 0.3 is 5.97 Å². The quantitative estimate of drug-likeness (QED) is 0.646. The number of nitrogens with one attached hydrogen (secondary N) is 1. The summed E-state index contributed by atoms with van der Waals surface area (Å²) in [7, 11) is -3.53. The third-order valence-electron chi connectivity index (χ3n) is 4.26. The summed E-state index contributed by atoms with van der Waals surface area (Å²) in [4.78, 5) is 24.9. The van der Waals surface area contributed by atoms with Crippen LogP contribution in [-0.2, 0) is 26.0 Å². The molecule has 0 spiro atoms. The van der Waals surface area contributed by atoms with Crippen molar-refractivity contribution in [3.8, 4) is 0 Å². The molecular weight excluding hydrogens is 348 g/mol. The van der Waals surface area contributed by atoms with Crippen LogP contribution in [0.4, 0.5) is 0 Å². The van der Waals surface area contributed by atoms with E-state index in [9.17, 15) is 23.1 Å². The number of carbonyl (C=O) groups excluding carboxylic acids is 1. The van der Waals surface area contributed by atoms with Gasteiger partial charge in [0, 0.05) is 32.5 Å². The molecule has 25 heavy (non-hydrogen) atoms. The fraction of sp³-hybridized carbons (Fsp3) is 0.500. The zero-order valence-corrected chi connectivity index (χ0v) is 14.8. The SMILES string of the molecule is CCNS(=O)(=O)c1ccc(CC(=O)N2CCC(O)(C(=O)O)CC2)cc1. The molecule has 0 unspecified atom stereocenters. The van der Waals surface area contributed by atoms with E-state index >= 15 is 0 Å². The van der Waals surface area contributed by atoms with Crippen molar-refractivity contribution in [2.24, 2.45) is 0 Å². The summed E-state index contributed by atoms with van der Waals surface area (Å²) in [6.45, 7) is 2.33. The maximum Gasteiger partial charge on any atom is 0.335 e. The number of aliphatic hydroxyl groups is 1. The van der Waals surface area contributed by atoms with Crippen molar-refractivity contribution in [1.82, 2.24) is 9.62 Å². The van der Waals surface area contributed by atoms with Crippen LogP contribution < -0.4 is 4.72 Å². The van der Waals surface area contributed by atoms with Gasteiger partial charge in [-0.15, -0.1) is 0 Å². The second kappa shape index (κ2) is 7.51. The lowest BCUT2D eigenvalue weighted by atomic mass is 9.91. The van der Waals surface area contributed by atoms with Crippen molar-refractivity contribution in [3.05, 3.63) is 29.8 Å². The number of likely N-dealkylation sites (tertiary alicyclic amines) is 1. The minimum absolute atomic E-state index is 0.00601. The number of carbonyl (C=O) groups is 2. The van der Waals surface area contributed by atoms with E-state index in [-0.39, 0.29) is 43.2 Å². The van der Waals surface area contributed by atoms with E-state index in [0.717, 1.165) is 0 Å². The van der Waals surface area contributed by atoms with Gasteiger partial charge in [0.05, 0.1) is 11.3 Å². The first-order chi connectivity index (χ1) is 11.7. The summed E-state index contributed by atoms with van der Waals surface area (Å²) in [6, 6.07) is 6.05. The van der Waals surface area contributed by atoms with Gasteiger partial charge in [0.25, 0.3) is 0 Å². The molecule has 1 aromatic carbocycles. The molecule has 0 aromatic heterocycles. The van der Waals surface area contributed by atoms with Crippen molar-refractivity contribution in [2.45, 2.75) is 36.7 Å². The highest BCUT2D eigenvalue weighted by atomic mass is 32.2. The van der Waals surface area contributed by atoms with Gasteiger partial charge in [-0.25, -0.2) is 17.9 Å². The first-order valence-corrected chi connectivity index (χ1v) is 9.48. The molecule has 1 amide bonds. The minimum atomic E-state index is -3.53. The van der Waals surface area contributed by atoms with Crippen LogP contribution in [0, 0.1) is 0 Å². The Morgan fingerprint density at radius 3 is 2.24 bits per heavy atom. The molecule has 0 bridgehead atoms. The van der Waals surface area contributed by atoms with E-state index in [1.54, 1.807) is 19.1 Å². The van der Waals surface area contributed by atoms with Gasteiger partial charge in [-0.3, -0.25) is 4.79 Å². The Hall–Kier alpha value is -1.97. The lowest BCUT2D eigenvalue weighted by Gasteiger charge is -2.35. The standard InChI is InChI=1S/C16H22N2O6S/c1-2-17-25(23,24)13-5-3-12(4-6-13)11-14(19)18-9-7-16(22,8-10-18)15(20)21/h3-6,17,22H,2,7-11H2,1H3,(H,20,21). The molecular formula is C16H22N2O6S. The van der Waals surface area contributed by atoms with Gasteiger partial charge in [-0.1, -0.05) is 19.1 Å². The van der Waals surface area contributed by atoms with E-state index in [4.69, 9.17) is 5.11 Å². The van der Waals surface area contributed by atoms with Gasteiger partial charge < -0.3 is 15.1 Å². The second-order valence-electron chi connectivity index (χ2n) is 6.04. The van der Waals surface area contributed by atoms with Gasteiger partial charge in [-0.2, -0.15) is 0 Å². The number of sulfonamides is 1. The number of aliphatic carboxylic acids is 1. The Morgan fingerprint density at radius 2 is 1.76 bits per heavy atom. The molecule has 1 aliphatic heterocycles. The normalized spacial score (nSPS) is 17.3. The summed E-state index contributed by atoms with van der Waals surface area (Å²) >= 11 is 0. The molecule has 0 aliphatic carbocycles. The Bertz CT molecular complexity index is 736. The predicted molar refractivity (Wildman–Crippen MR) is 89.4 cm³/mol. The number of carboxylic acids is 1. The third kappa shape index (κ3) is 4.56. The van der Waals surface area contributed by atoms with Crippen LogP contribution in [0.1, 0.15) is 25.3 Å². The Kier molecular flexibility index (Phi) is 5.81. The topological polar surface area (TPSA) is 124 Å². The number of hydrogen-bond acceptors (Lipinski definition) is 5. The van der Waals surface area contributed by atoms with E-state index in [2.05, 4.69) is 4.72 Å². The number of benzene rings is 1. The Balaban J connectivity index is 1.97. The molecule has 8 nitrogen and oxygen atoms in total. The van der Waals surface area contributed by atoms with Crippen molar-refractivity contribution in [2.75, 3.05) is 19.6 Å². The summed E-state index contributed by atoms with van der Waals surface area (Å²) < 4.78 is 26.1. The van der Waals surface area contributed by atoms with Crippen LogP contribution in [0.25, 0.3) is 0 Å². The fourth-order valence-corrected chi connectivity index (χ4v) is 3.73. The zero-order chi connectivity index (χ0) is 18.7. The molecule has 0 radical (unpaired) electrons. The molecule has 0 saturated carbocycles. The average molecular weight is 370 g/mol. The van der Waals surface area contributed by atoms with Gasteiger partial charge in [0.15, 0.2) is 5.60 Å². The van der Waals surface area contributed by atoms with E-state index < -0.39 is 21.6 Å². The lowest BCUT2D eigenvalue weighted by molar-refractivity contribution is -0.165. The number of hydrogen-bond donors (Lipinski definition) is 3. The van der Waals surface area contributed by atoms with Gasteiger partial charge in [0.1, 0.15) is 0 Å². The molecule has 9 heteroatoms. The molecule has 138 valence electrons. The van der Waals surface area contributed by atoms with Crippen LogP contribution in [0.3, 0.4) is 0 Å². The minimum Gasteiger partial charge on any atom is -0.479 e. The smallest absolute Gasteiger partial charge is 0.335 e. The molecule has 3 N–H and O–H groups in total. The van der Waals surface area contributed by atoms with Crippen LogP contribution in [0.2, 0.25) is 0 Å². The van der Waals surface area contributed by atoms with E-state index in [0.29, 0.717) is 12.1 Å². The highest BCUT2D eigenvalue weighted by molar-refractivity contribution is 7.89. The number of nitrogens with zero attached hydrogens (tertiary/aromatic N) is 1. The number of amides is 1. The van der Waals surface area contributed by atoms with Gasteiger partial charge in [0.2, 0.25) is 15.9 Å². The lowest BCUT2D eigenvalue weighted by Crippen LogP contribution is -2.51. The van der Waals surface area contributed by atoms with Crippen molar-refractivity contribution in [1.29, 1.82) is 0 Å². The fourth-order valence-electron chi connectivity index (χ4n) is 2.69. The maximum atomic E-state index is 12.3. The zero-order valence-electron chi connectivity index (χ0n) is 13.9. The largest absolute Gasteiger partial charge is 0.479 e. The van der Waals surface area contributed by atoms with Crippen LogP contribution in [0.5, 0.6) is 0 Å². The van der Waals surface area contributed by atoms with Crippen LogP contribution in [-0.4, -0.2) is 60.6 Å². The average Bonchev–Trinajstić information content (AvgIpc) is 2.55. The Labute approximate surface area is 146 Å². The van der Waals surface area contributed by atoms with Crippen molar-refractivity contribution in [3.63, 3.8) is 0 Å². The van der Waals surface area contributed by atoms with E-state index in [1.165, 1.54) is 17.0 Å². The number of carboxylic acid groups (broad SMARTS) is 1. The molecule has 1 saturated heterocycles. The van der Waals surface area contributed by atoms with Crippen LogP contribution in [0.15, 0.2) is 29.2 Å². The predicted octanol–water partition coefficient (Wildman–Crippen LogP) is -0.0346. The summed E-state index contributed by atoms with van der Waals surface area (Å²) in [5, 5.41) is 18.9. The highest BCUT2D eigenvalue weighted by Gasteiger charge is 2.40.